The molecular formula is C14H28N2O. The summed E-state index contributed by atoms with van der Waals surface area (Å²) in [6, 6.07) is 1.31. The Morgan fingerprint density at radius 2 is 1.76 bits per heavy atom. The largest absolute Gasteiger partial charge is 0.392 e. The third-order valence-corrected chi connectivity index (χ3v) is 4.30. The van der Waals surface area contributed by atoms with E-state index in [-0.39, 0.29) is 6.10 Å². The van der Waals surface area contributed by atoms with Crippen molar-refractivity contribution in [3.05, 3.63) is 0 Å². The maximum absolute atomic E-state index is 9.92. The van der Waals surface area contributed by atoms with Crippen LogP contribution in [0.1, 0.15) is 44.9 Å². The van der Waals surface area contributed by atoms with Crippen LogP contribution < -0.4 is 0 Å². The molecule has 1 saturated heterocycles. The molecule has 2 aliphatic rings. The Bertz CT molecular complexity index is 222. The molecule has 1 saturated carbocycles. The molecule has 17 heavy (non-hydrogen) atoms. The van der Waals surface area contributed by atoms with Gasteiger partial charge in [0.15, 0.2) is 0 Å². The first kappa shape index (κ1) is 13.3. The molecule has 1 aliphatic carbocycles. The third-order valence-electron chi connectivity index (χ3n) is 4.30. The number of rotatable bonds is 3. The number of hydrogen-bond donors (Lipinski definition) is 1. The van der Waals surface area contributed by atoms with Gasteiger partial charge in [-0.15, -0.1) is 0 Å². The molecule has 2 atom stereocenters. The van der Waals surface area contributed by atoms with Crippen LogP contribution in [0.25, 0.3) is 0 Å². The quantitative estimate of drug-likeness (QED) is 0.761. The second-order valence-electron chi connectivity index (χ2n) is 6.15. The molecule has 2 rings (SSSR count). The van der Waals surface area contributed by atoms with E-state index in [0.717, 1.165) is 25.6 Å². The van der Waals surface area contributed by atoms with Crippen molar-refractivity contribution in [2.24, 2.45) is 0 Å². The van der Waals surface area contributed by atoms with Crippen LogP contribution in [0, 0.1) is 0 Å². The van der Waals surface area contributed by atoms with Gasteiger partial charge in [0.25, 0.3) is 0 Å². The van der Waals surface area contributed by atoms with Crippen LogP contribution in [0.4, 0.5) is 0 Å². The molecule has 3 heteroatoms. The Labute approximate surface area is 106 Å². The van der Waals surface area contributed by atoms with Crippen LogP contribution in [0.15, 0.2) is 0 Å². The van der Waals surface area contributed by atoms with Gasteiger partial charge in [0.05, 0.1) is 6.10 Å². The topological polar surface area (TPSA) is 26.7 Å². The maximum atomic E-state index is 9.92. The van der Waals surface area contributed by atoms with Crippen molar-refractivity contribution in [2.45, 2.75) is 63.1 Å². The van der Waals surface area contributed by atoms with E-state index >= 15 is 0 Å². The summed E-state index contributed by atoms with van der Waals surface area (Å²) in [5.74, 6) is 0. The van der Waals surface area contributed by atoms with Crippen molar-refractivity contribution in [3.63, 3.8) is 0 Å². The minimum atomic E-state index is -0.0943. The van der Waals surface area contributed by atoms with E-state index < -0.39 is 0 Å². The predicted octanol–water partition coefficient (Wildman–Crippen LogP) is 1.71. The predicted molar refractivity (Wildman–Crippen MR) is 71.2 cm³/mol. The lowest BCUT2D eigenvalue weighted by molar-refractivity contribution is 0.126. The van der Waals surface area contributed by atoms with E-state index in [1.165, 1.54) is 38.5 Å². The number of aliphatic hydroxyl groups excluding tert-OH is 1. The minimum Gasteiger partial charge on any atom is -0.392 e. The lowest BCUT2D eigenvalue weighted by atomic mass is 10.1. The van der Waals surface area contributed by atoms with Gasteiger partial charge in [0, 0.05) is 25.2 Å². The monoisotopic (exact) mass is 240 g/mol. The molecule has 100 valence electrons. The standard InChI is InChI=1S/C14H28N2O/c1-15(2)10-13-9-14(17)11-16(13)12-7-5-3-4-6-8-12/h12-14,17H,3-11H2,1-2H3. The summed E-state index contributed by atoms with van der Waals surface area (Å²) in [4.78, 5) is 4.86. The summed E-state index contributed by atoms with van der Waals surface area (Å²) in [5.41, 5.74) is 0. The highest BCUT2D eigenvalue weighted by atomic mass is 16.3. The van der Waals surface area contributed by atoms with Gasteiger partial charge in [-0.3, -0.25) is 4.90 Å². The smallest absolute Gasteiger partial charge is 0.0682 e. The number of aliphatic hydroxyl groups is 1. The van der Waals surface area contributed by atoms with Crippen LogP contribution >= 0.6 is 0 Å². The van der Waals surface area contributed by atoms with Crippen molar-refractivity contribution < 1.29 is 5.11 Å². The van der Waals surface area contributed by atoms with Crippen LogP contribution in [-0.4, -0.2) is 60.3 Å². The minimum absolute atomic E-state index is 0.0943. The summed E-state index contributed by atoms with van der Waals surface area (Å²) < 4.78 is 0. The average molecular weight is 240 g/mol. The van der Waals surface area contributed by atoms with Crippen molar-refractivity contribution >= 4 is 0 Å². The maximum Gasteiger partial charge on any atom is 0.0682 e. The van der Waals surface area contributed by atoms with Gasteiger partial charge in [0.2, 0.25) is 0 Å². The molecule has 0 radical (unpaired) electrons. The molecule has 2 fully saturated rings. The van der Waals surface area contributed by atoms with Gasteiger partial charge in [-0.2, -0.15) is 0 Å². The molecule has 0 spiro atoms. The van der Waals surface area contributed by atoms with E-state index in [9.17, 15) is 5.11 Å². The highest BCUT2D eigenvalue weighted by Gasteiger charge is 2.35. The van der Waals surface area contributed by atoms with E-state index in [2.05, 4.69) is 23.9 Å². The highest BCUT2D eigenvalue weighted by molar-refractivity contribution is 4.91. The lowest BCUT2D eigenvalue weighted by Gasteiger charge is -2.33. The summed E-state index contributed by atoms with van der Waals surface area (Å²) in [5, 5.41) is 9.92. The molecule has 3 nitrogen and oxygen atoms in total. The van der Waals surface area contributed by atoms with Crippen LogP contribution in [0.3, 0.4) is 0 Å². The molecule has 0 amide bonds. The summed E-state index contributed by atoms with van der Waals surface area (Å²) in [7, 11) is 4.27. The summed E-state index contributed by atoms with van der Waals surface area (Å²) in [6.45, 7) is 2.00. The van der Waals surface area contributed by atoms with E-state index in [0.29, 0.717) is 6.04 Å². The molecule has 1 N–H and O–H groups in total. The Hall–Kier alpha value is -0.120. The van der Waals surface area contributed by atoms with Gasteiger partial charge in [-0.25, -0.2) is 0 Å². The van der Waals surface area contributed by atoms with Crippen LogP contribution in [0.5, 0.6) is 0 Å². The van der Waals surface area contributed by atoms with Gasteiger partial charge in [-0.1, -0.05) is 25.7 Å². The first-order chi connectivity index (χ1) is 8.16. The fourth-order valence-electron chi connectivity index (χ4n) is 3.55. The number of β-amino-alcohol motifs (C(OH)–C–C–N with tert-alkyl or cyclic N) is 1. The van der Waals surface area contributed by atoms with Gasteiger partial charge in [-0.05, 0) is 33.4 Å². The average Bonchev–Trinajstić information content (AvgIpc) is 2.52. The zero-order valence-corrected chi connectivity index (χ0v) is 11.4. The lowest BCUT2D eigenvalue weighted by Crippen LogP contribution is -2.43. The Kier molecular flexibility index (Phi) is 4.83. The van der Waals surface area contributed by atoms with Gasteiger partial charge in [0.1, 0.15) is 0 Å². The number of likely N-dealkylation sites (tertiary alicyclic amines) is 1. The Morgan fingerprint density at radius 3 is 2.35 bits per heavy atom. The second kappa shape index (κ2) is 6.17. The molecular weight excluding hydrogens is 212 g/mol. The highest BCUT2D eigenvalue weighted by Crippen LogP contribution is 2.28. The normalized spacial score (nSPS) is 33.2. The fraction of sp³-hybridized carbons (Fsp3) is 1.00. The van der Waals surface area contributed by atoms with E-state index in [1.807, 2.05) is 0 Å². The Balaban J connectivity index is 1.95. The van der Waals surface area contributed by atoms with E-state index in [4.69, 9.17) is 0 Å². The first-order valence-corrected chi connectivity index (χ1v) is 7.25. The zero-order chi connectivity index (χ0) is 12.3. The van der Waals surface area contributed by atoms with E-state index in [1.54, 1.807) is 0 Å². The molecule has 0 aromatic heterocycles. The molecule has 1 aliphatic heterocycles. The molecule has 2 unspecified atom stereocenters. The van der Waals surface area contributed by atoms with Gasteiger partial charge < -0.3 is 10.0 Å². The SMILES string of the molecule is CN(C)CC1CC(O)CN1C1CCCCCC1. The molecule has 1 heterocycles. The second-order valence-corrected chi connectivity index (χ2v) is 6.15. The fourth-order valence-corrected chi connectivity index (χ4v) is 3.55. The third kappa shape index (κ3) is 3.67. The molecule has 0 aromatic carbocycles. The van der Waals surface area contributed by atoms with Crippen LogP contribution in [-0.2, 0) is 0 Å². The molecule has 0 bridgehead atoms. The van der Waals surface area contributed by atoms with Crippen molar-refractivity contribution in [1.82, 2.24) is 9.80 Å². The summed E-state index contributed by atoms with van der Waals surface area (Å²) >= 11 is 0. The first-order valence-electron chi connectivity index (χ1n) is 7.25. The van der Waals surface area contributed by atoms with Crippen molar-refractivity contribution in [1.29, 1.82) is 0 Å². The number of nitrogens with zero attached hydrogens (tertiary/aromatic N) is 2. The molecule has 0 aromatic rings. The van der Waals surface area contributed by atoms with Gasteiger partial charge >= 0.3 is 0 Å². The Morgan fingerprint density at radius 1 is 1.12 bits per heavy atom. The number of hydrogen-bond acceptors (Lipinski definition) is 3. The zero-order valence-electron chi connectivity index (χ0n) is 11.4. The van der Waals surface area contributed by atoms with Crippen molar-refractivity contribution in [2.75, 3.05) is 27.2 Å². The number of likely N-dealkylation sites (N-methyl/N-ethyl adjacent to an activating group) is 1. The van der Waals surface area contributed by atoms with Crippen LogP contribution in [0.2, 0.25) is 0 Å². The van der Waals surface area contributed by atoms with Crippen molar-refractivity contribution in [3.8, 4) is 0 Å². The summed E-state index contributed by atoms with van der Waals surface area (Å²) in [6.07, 6.45) is 9.14.